The molecule has 0 radical (unpaired) electrons. The molecule has 2 aliphatic rings. The number of rotatable bonds is 12. The number of hydrogen-bond donors (Lipinski definition) is 2. The Kier molecular flexibility index (Phi) is 10.6. The van der Waals surface area contributed by atoms with Gasteiger partial charge in [0.05, 0.1) is 13.2 Å². The molecule has 9 nitrogen and oxygen atoms in total. The molecular formula is C33H36Cl2N4O5. The Bertz CT molecular complexity index is 1480. The lowest BCUT2D eigenvalue weighted by Crippen LogP contribution is -2.61. The average Bonchev–Trinajstić information content (AvgIpc) is 3.87. The van der Waals surface area contributed by atoms with Crippen molar-refractivity contribution in [1.82, 2.24) is 15.5 Å². The Balaban J connectivity index is 1.25. The number of aryl methyl sites for hydroxylation is 1. The molecule has 1 aliphatic carbocycles. The minimum Gasteiger partial charge on any atom is -0.494 e. The largest absolute Gasteiger partial charge is 0.494 e. The lowest BCUT2D eigenvalue weighted by atomic mass is 10.1. The van der Waals surface area contributed by atoms with Crippen LogP contribution in [0.15, 0.2) is 66.7 Å². The Morgan fingerprint density at radius 3 is 2.55 bits per heavy atom. The maximum Gasteiger partial charge on any atom is 0.407 e. The van der Waals surface area contributed by atoms with Crippen LogP contribution in [0.2, 0.25) is 10.0 Å². The molecule has 11 heteroatoms. The van der Waals surface area contributed by atoms with Crippen LogP contribution in [0.4, 0.5) is 10.5 Å². The summed E-state index contributed by atoms with van der Waals surface area (Å²) in [5.41, 5.74) is 3.33. The number of carbonyl (C=O) groups is 3. The van der Waals surface area contributed by atoms with E-state index in [4.69, 9.17) is 32.7 Å². The van der Waals surface area contributed by atoms with Crippen LogP contribution in [0.1, 0.15) is 36.0 Å². The lowest BCUT2D eigenvalue weighted by Gasteiger charge is -2.38. The zero-order valence-corrected chi connectivity index (χ0v) is 26.1. The summed E-state index contributed by atoms with van der Waals surface area (Å²) in [6.45, 7) is 1.45. The standard InChI is InChI=1S/C33H36Cl2N4O5/c1-36-33(42)44-21-23-9-14-29(35)24(16-23)20-38(26-12-13-26)32(41)30-18-37-19-31(40)39(30)27-10-7-22(8-11-27)4-3-15-43-28-6-2-5-25(34)17-28/h2,5-11,14,16-17,26,30,37H,3-4,12-13,15,18-21H2,1H3,(H,36,42)/t30-/m1/s1. The second kappa shape index (κ2) is 14.8. The van der Waals surface area contributed by atoms with Crippen LogP contribution in [0, 0.1) is 0 Å². The molecule has 1 heterocycles. The Labute approximate surface area is 267 Å². The Morgan fingerprint density at radius 2 is 1.82 bits per heavy atom. The summed E-state index contributed by atoms with van der Waals surface area (Å²) in [6.07, 6.45) is 2.89. The molecule has 0 unspecified atom stereocenters. The molecule has 0 aromatic heterocycles. The summed E-state index contributed by atoms with van der Waals surface area (Å²) >= 11 is 12.6. The third-order valence-corrected chi connectivity index (χ3v) is 8.27. The number of amides is 3. The molecule has 0 spiro atoms. The molecule has 1 saturated carbocycles. The predicted octanol–water partition coefficient (Wildman–Crippen LogP) is 5.36. The topological polar surface area (TPSA) is 100 Å². The first-order chi connectivity index (χ1) is 21.3. The van der Waals surface area contributed by atoms with E-state index in [0.717, 1.165) is 48.1 Å². The number of benzene rings is 3. The van der Waals surface area contributed by atoms with Gasteiger partial charge < -0.3 is 25.0 Å². The summed E-state index contributed by atoms with van der Waals surface area (Å²) in [6, 6.07) is 19.9. The first kappa shape index (κ1) is 31.6. The fraction of sp³-hybridized carbons (Fsp3) is 0.364. The minimum atomic E-state index is -0.688. The third kappa shape index (κ3) is 8.22. The van der Waals surface area contributed by atoms with Gasteiger partial charge in [-0.1, -0.05) is 47.5 Å². The fourth-order valence-electron chi connectivity index (χ4n) is 5.24. The van der Waals surface area contributed by atoms with Crippen molar-refractivity contribution in [3.8, 4) is 5.75 Å². The van der Waals surface area contributed by atoms with Gasteiger partial charge >= 0.3 is 6.09 Å². The molecular weight excluding hydrogens is 603 g/mol. The highest BCUT2D eigenvalue weighted by atomic mass is 35.5. The molecule has 3 aromatic rings. The normalized spacial score (nSPS) is 16.4. The summed E-state index contributed by atoms with van der Waals surface area (Å²) in [7, 11) is 1.50. The monoisotopic (exact) mass is 638 g/mol. The fourth-order valence-corrected chi connectivity index (χ4v) is 5.60. The maximum atomic E-state index is 14.1. The predicted molar refractivity (Wildman–Crippen MR) is 170 cm³/mol. The number of alkyl carbamates (subject to hydrolysis) is 1. The van der Waals surface area contributed by atoms with Crippen LogP contribution in [-0.4, -0.2) is 61.6 Å². The van der Waals surface area contributed by atoms with E-state index < -0.39 is 12.1 Å². The van der Waals surface area contributed by atoms with Crippen LogP contribution >= 0.6 is 23.2 Å². The maximum absolute atomic E-state index is 14.1. The quantitative estimate of drug-likeness (QED) is 0.259. The highest BCUT2D eigenvalue weighted by Crippen LogP contribution is 2.32. The molecule has 5 rings (SSSR count). The Morgan fingerprint density at radius 1 is 1.05 bits per heavy atom. The number of hydrogen-bond acceptors (Lipinski definition) is 6. The van der Waals surface area contributed by atoms with E-state index in [9.17, 15) is 14.4 Å². The third-order valence-electron chi connectivity index (χ3n) is 7.66. The molecule has 44 heavy (non-hydrogen) atoms. The molecule has 1 saturated heterocycles. The van der Waals surface area contributed by atoms with Crippen LogP contribution in [0.25, 0.3) is 0 Å². The van der Waals surface area contributed by atoms with Crippen LogP contribution in [0.3, 0.4) is 0 Å². The van der Waals surface area contributed by atoms with Gasteiger partial charge in [-0.3, -0.25) is 14.5 Å². The molecule has 1 atom stereocenters. The van der Waals surface area contributed by atoms with Gasteiger partial charge in [0.1, 0.15) is 18.4 Å². The van der Waals surface area contributed by atoms with Gasteiger partial charge in [0, 0.05) is 41.9 Å². The zero-order chi connectivity index (χ0) is 31.1. The molecule has 0 bridgehead atoms. The average molecular weight is 640 g/mol. The number of halogens is 2. The van der Waals surface area contributed by atoms with Crippen molar-refractivity contribution in [2.45, 2.75) is 50.9 Å². The van der Waals surface area contributed by atoms with E-state index in [0.29, 0.717) is 35.4 Å². The van der Waals surface area contributed by atoms with E-state index in [1.165, 1.54) is 7.05 Å². The number of nitrogens with one attached hydrogen (secondary N) is 2. The molecule has 2 fully saturated rings. The van der Waals surface area contributed by atoms with Gasteiger partial charge in [-0.15, -0.1) is 0 Å². The molecule has 1 aliphatic heterocycles. The van der Waals surface area contributed by atoms with E-state index in [1.807, 2.05) is 53.4 Å². The second-order valence-electron chi connectivity index (χ2n) is 10.9. The van der Waals surface area contributed by atoms with Crippen molar-refractivity contribution in [2.75, 3.05) is 31.6 Å². The second-order valence-corrected chi connectivity index (χ2v) is 11.8. The molecule has 232 valence electrons. The van der Waals surface area contributed by atoms with Crippen molar-refractivity contribution in [3.05, 3.63) is 93.5 Å². The van der Waals surface area contributed by atoms with E-state index in [1.54, 1.807) is 23.1 Å². The Hall–Kier alpha value is -3.79. The van der Waals surface area contributed by atoms with Gasteiger partial charge in [-0.05, 0) is 84.8 Å². The summed E-state index contributed by atoms with van der Waals surface area (Å²) < 4.78 is 11.0. The first-order valence-corrected chi connectivity index (χ1v) is 15.5. The van der Waals surface area contributed by atoms with Crippen molar-refractivity contribution in [2.24, 2.45) is 0 Å². The van der Waals surface area contributed by atoms with Crippen LogP contribution in [0.5, 0.6) is 5.75 Å². The summed E-state index contributed by atoms with van der Waals surface area (Å²) in [4.78, 5) is 42.3. The van der Waals surface area contributed by atoms with E-state index in [-0.39, 0.29) is 31.0 Å². The highest BCUT2D eigenvalue weighted by Gasteiger charge is 2.41. The van der Waals surface area contributed by atoms with Crippen molar-refractivity contribution >= 4 is 46.8 Å². The number of anilines is 1. The van der Waals surface area contributed by atoms with Gasteiger partial charge in [-0.25, -0.2) is 4.79 Å². The minimum absolute atomic E-state index is 0.0831. The van der Waals surface area contributed by atoms with Crippen LogP contribution in [-0.2, 0) is 33.9 Å². The van der Waals surface area contributed by atoms with Crippen LogP contribution < -0.4 is 20.3 Å². The van der Waals surface area contributed by atoms with Crippen molar-refractivity contribution in [3.63, 3.8) is 0 Å². The smallest absolute Gasteiger partial charge is 0.407 e. The van der Waals surface area contributed by atoms with Crippen molar-refractivity contribution in [1.29, 1.82) is 0 Å². The zero-order valence-electron chi connectivity index (χ0n) is 24.6. The van der Waals surface area contributed by atoms with Gasteiger partial charge in [-0.2, -0.15) is 0 Å². The van der Waals surface area contributed by atoms with Gasteiger partial charge in [0.25, 0.3) is 0 Å². The highest BCUT2D eigenvalue weighted by molar-refractivity contribution is 6.31. The summed E-state index contributed by atoms with van der Waals surface area (Å²) in [5, 5.41) is 6.70. The van der Waals surface area contributed by atoms with E-state index >= 15 is 0 Å². The number of ether oxygens (including phenoxy) is 2. The molecule has 3 amide bonds. The molecule has 3 aromatic carbocycles. The van der Waals surface area contributed by atoms with E-state index in [2.05, 4.69) is 10.6 Å². The lowest BCUT2D eigenvalue weighted by molar-refractivity contribution is -0.136. The number of piperazine rings is 1. The SMILES string of the molecule is CNC(=O)OCc1ccc(Cl)c(CN(C(=O)[C@H]2CNCC(=O)N2c2ccc(CCCOc3cccc(Cl)c3)cc2)C2CC2)c1. The number of nitrogens with zero attached hydrogens (tertiary/aromatic N) is 2. The van der Waals surface area contributed by atoms with Gasteiger partial charge in [0.15, 0.2) is 0 Å². The van der Waals surface area contributed by atoms with Crippen molar-refractivity contribution < 1.29 is 23.9 Å². The van der Waals surface area contributed by atoms with Gasteiger partial charge in [0.2, 0.25) is 11.8 Å². The number of carbonyl (C=O) groups excluding carboxylic acids is 3. The molecule has 2 N–H and O–H groups in total. The summed E-state index contributed by atoms with van der Waals surface area (Å²) in [5.74, 6) is 0.462. The first-order valence-electron chi connectivity index (χ1n) is 14.7.